The highest BCUT2D eigenvalue weighted by Gasteiger charge is 2.29. The maximum Gasteiger partial charge on any atom is 0.410 e. The lowest BCUT2D eigenvalue weighted by Crippen LogP contribution is -2.35. The van der Waals surface area contributed by atoms with Crippen molar-refractivity contribution in [1.29, 1.82) is 0 Å². The third-order valence-corrected chi connectivity index (χ3v) is 3.62. The van der Waals surface area contributed by atoms with Crippen molar-refractivity contribution in [2.45, 2.75) is 39.7 Å². The molecule has 0 unspecified atom stereocenters. The molecular formula is C15H23ClN4O2. The molecule has 1 aliphatic heterocycles. The molecule has 0 spiro atoms. The fraction of sp³-hybridized carbons (Fsp3) is 0.667. The Morgan fingerprint density at radius 3 is 2.95 bits per heavy atom. The Balaban J connectivity index is 1.84. The molecule has 0 aliphatic carbocycles. The van der Waals surface area contributed by atoms with E-state index in [2.05, 4.69) is 15.3 Å². The zero-order valence-electron chi connectivity index (χ0n) is 13.5. The number of nitrogens with zero attached hydrogens (tertiary/aromatic N) is 3. The van der Waals surface area contributed by atoms with Gasteiger partial charge in [0.2, 0.25) is 5.28 Å². The minimum atomic E-state index is -0.456. The van der Waals surface area contributed by atoms with Crippen LogP contribution in [0.3, 0.4) is 0 Å². The standard InChI is InChI=1S/C15H23ClN4O2/c1-10-7-18-13(16)19-12(10)17-8-11-5-6-20(9-11)14(21)22-15(2,3)4/h7,11H,5-6,8-9H2,1-4H3,(H,17,18,19)/t11-/m1/s1. The fourth-order valence-electron chi connectivity index (χ4n) is 2.33. The molecule has 2 rings (SSSR count). The maximum absolute atomic E-state index is 12.0. The number of aromatic nitrogens is 2. The summed E-state index contributed by atoms with van der Waals surface area (Å²) in [6, 6.07) is 0. The Hall–Kier alpha value is -1.56. The first kappa shape index (κ1) is 16.8. The monoisotopic (exact) mass is 326 g/mol. The summed E-state index contributed by atoms with van der Waals surface area (Å²) in [5.74, 6) is 1.12. The van der Waals surface area contributed by atoms with Crippen LogP contribution in [0.15, 0.2) is 6.20 Å². The van der Waals surface area contributed by atoms with Crippen molar-refractivity contribution in [3.8, 4) is 0 Å². The van der Waals surface area contributed by atoms with Gasteiger partial charge in [0.15, 0.2) is 0 Å². The van der Waals surface area contributed by atoms with Gasteiger partial charge in [0.25, 0.3) is 0 Å². The zero-order chi connectivity index (χ0) is 16.3. The summed E-state index contributed by atoms with van der Waals surface area (Å²) in [4.78, 5) is 21.9. The van der Waals surface area contributed by atoms with Crippen molar-refractivity contribution in [3.63, 3.8) is 0 Å². The Kier molecular flexibility index (Phi) is 5.11. The van der Waals surface area contributed by atoms with Crippen molar-refractivity contribution in [2.24, 2.45) is 5.92 Å². The van der Waals surface area contributed by atoms with E-state index in [1.807, 2.05) is 27.7 Å². The van der Waals surface area contributed by atoms with Crippen LogP contribution in [0.1, 0.15) is 32.8 Å². The summed E-state index contributed by atoms with van der Waals surface area (Å²) in [5.41, 5.74) is 0.494. The molecular weight excluding hydrogens is 304 g/mol. The smallest absolute Gasteiger partial charge is 0.410 e. The number of hydrogen-bond acceptors (Lipinski definition) is 5. The van der Waals surface area contributed by atoms with Gasteiger partial charge in [-0.3, -0.25) is 0 Å². The highest BCUT2D eigenvalue weighted by atomic mass is 35.5. The van der Waals surface area contributed by atoms with Crippen molar-refractivity contribution >= 4 is 23.5 Å². The summed E-state index contributed by atoms with van der Waals surface area (Å²) in [5, 5.41) is 3.52. The van der Waals surface area contributed by atoms with Crippen LogP contribution in [0.5, 0.6) is 0 Å². The van der Waals surface area contributed by atoms with Crippen LogP contribution in [0, 0.1) is 12.8 Å². The van der Waals surface area contributed by atoms with Crippen LogP contribution < -0.4 is 5.32 Å². The summed E-state index contributed by atoms with van der Waals surface area (Å²) in [6.07, 6.45) is 2.40. The average molecular weight is 327 g/mol. The molecule has 6 nitrogen and oxygen atoms in total. The summed E-state index contributed by atoms with van der Waals surface area (Å²) in [6.45, 7) is 9.73. The third-order valence-electron chi connectivity index (χ3n) is 3.44. The molecule has 0 radical (unpaired) electrons. The highest BCUT2D eigenvalue weighted by Crippen LogP contribution is 2.21. The van der Waals surface area contributed by atoms with Crippen LogP contribution in [0.4, 0.5) is 10.6 Å². The molecule has 1 atom stereocenters. The fourth-order valence-corrected chi connectivity index (χ4v) is 2.47. The number of aryl methyl sites for hydroxylation is 1. The normalized spacial score (nSPS) is 18.4. The maximum atomic E-state index is 12.0. The molecule has 0 aromatic carbocycles. The van der Waals surface area contributed by atoms with Crippen molar-refractivity contribution in [3.05, 3.63) is 17.0 Å². The number of halogens is 1. The predicted octanol–water partition coefficient (Wildman–Crippen LogP) is 3.11. The van der Waals surface area contributed by atoms with Crippen LogP contribution in [0.2, 0.25) is 5.28 Å². The molecule has 0 saturated carbocycles. The van der Waals surface area contributed by atoms with Crippen LogP contribution >= 0.6 is 11.6 Å². The lowest BCUT2D eigenvalue weighted by molar-refractivity contribution is 0.0289. The highest BCUT2D eigenvalue weighted by molar-refractivity contribution is 6.28. The van der Waals surface area contributed by atoms with Gasteiger partial charge < -0.3 is 15.0 Å². The molecule has 2 heterocycles. The van der Waals surface area contributed by atoms with Gasteiger partial charge in [0.05, 0.1) is 0 Å². The van der Waals surface area contributed by atoms with Crippen LogP contribution in [-0.4, -0.2) is 46.2 Å². The number of amides is 1. The Morgan fingerprint density at radius 2 is 2.27 bits per heavy atom. The lowest BCUT2D eigenvalue weighted by Gasteiger charge is -2.24. The van der Waals surface area contributed by atoms with E-state index in [0.29, 0.717) is 12.5 Å². The largest absolute Gasteiger partial charge is 0.444 e. The molecule has 1 aliphatic rings. The third kappa shape index (κ3) is 4.73. The molecule has 1 fully saturated rings. The van der Waals surface area contributed by atoms with Gasteiger partial charge in [-0.25, -0.2) is 14.8 Å². The quantitative estimate of drug-likeness (QED) is 0.864. The van der Waals surface area contributed by atoms with Gasteiger partial charge in [0, 0.05) is 31.4 Å². The minimum Gasteiger partial charge on any atom is -0.444 e. The van der Waals surface area contributed by atoms with Gasteiger partial charge in [-0.05, 0) is 51.6 Å². The number of nitrogens with one attached hydrogen (secondary N) is 1. The van der Waals surface area contributed by atoms with Crippen LogP contribution in [0.25, 0.3) is 0 Å². The first-order chi connectivity index (χ1) is 10.2. The summed E-state index contributed by atoms with van der Waals surface area (Å²) < 4.78 is 5.40. The van der Waals surface area contributed by atoms with Gasteiger partial charge in [-0.2, -0.15) is 0 Å². The van der Waals surface area contributed by atoms with E-state index in [4.69, 9.17) is 16.3 Å². The number of hydrogen-bond donors (Lipinski definition) is 1. The first-order valence-corrected chi connectivity index (χ1v) is 7.83. The average Bonchev–Trinajstić information content (AvgIpc) is 2.87. The van der Waals surface area contributed by atoms with E-state index >= 15 is 0 Å². The molecule has 1 N–H and O–H groups in total. The molecule has 7 heteroatoms. The van der Waals surface area contributed by atoms with E-state index in [1.54, 1.807) is 11.1 Å². The number of ether oxygens (including phenoxy) is 1. The van der Waals surface area contributed by atoms with Gasteiger partial charge >= 0.3 is 6.09 Å². The number of anilines is 1. The molecule has 1 aromatic heterocycles. The van der Waals surface area contributed by atoms with Crippen molar-refractivity contribution in [1.82, 2.24) is 14.9 Å². The Morgan fingerprint density at radius 1 is 1.55 bits per heavy atom. The van der Waals surface area contributed by atoms with Crippen LogP contribution in [-0.2, 0) is 4.74 Å². The van der Waals surface area contributed by atoms with Gasteiger partial charge in [0.1, 0.15) is 11.4 Å². The second kappa shape index (κ2) is 6.69. The van der Waals surface area contributed by atoms with E-state index in [1.165, 1.54) is 0 Å². The first-order valence-electron chi connectivity index (χ1n) is 7.45. The second-order valence-electron chi connectivity index (χ2n) is 6.63. The number of carbonyl (C=O) groups is 1. The molecule has 0 bridgehead atoms. The molecule has 1 aromatic rings. The lowest BCUT2D eigenvalue weighted by atomic mass is 10.1. The second-order valence-corrected chi connectivity index (χ2v) is 6.97. The number of rotatable bonds is 3. The molecule has 122 valence electrons. The van der Waals surface area contributed by atoms with Gasteiger partial charge in [-0.1, -0.05) is 0 Å². The predicted molar refractivity (Wildman–Crippen MR) is 86.2 cm³/mol. The van der Waals surface area contributed by atoms with Crippen molar-refractivity contribution in [2.75, 3.05) is 25.0 Å². The SMILES string of the molecule is Cc1cnc(Cl)nc1NC[C@H]1CCN(C(=O)OC(C)(C)C)C1. The van der Waals surface area contributed by atoms with E-state index in [9.17, 15) is 4.79 Å². The Labute approximate surface area is 136 Å². The van der Waals surface area contributed by atoms with E-state index in [-0.39, 0.29) is 11.4 Å². The minimum absolute atomic E-state index is 0.231. The molecule has 22 heavy (non-hydrogen) atoms. The molecule has 1 amide bonds. The summed E-state index contributed by atoms with van der Waals surface area (Å²) in [7, 11) is 0. The van der Waals surface area contributed by atoms with E-state index < -0.39 is 5.60 Å². The van der Waals surface area contributed by atoms with Gasteiger partial charge in [-0.15, -0.1) is 0 Å². The Bertz CT molecular complexity index is 545. The number of likely N-dealkylation sites (tertiary alicyclic amines) is 1. The van der Waals surface area contributed by atoms with E-state index in [0.717, 1.165) is 30.9 Å². The molecule has 1 saturated heterocycles. The van der Waals surface area contributed by atoms with Crippen molar-refractivity contribution < 1.29 is 9.53 Å². The summed E-state index contributed by atoms with van der Waals surface area (Å²) >= 11 is 5.81. The topological polar surface area (TPSA) is 67.4 Å². The number of carbonyl (C=O) groups excluding carboxylic acids is 1. The zero-order valence-corrected chi connectivity index (χ0v) is 14.3.